The zero-order valence-corrected chi connectivity index (χ0v) is 18.8. The molecule has 1 fully saturated rings. The molecule has 3 rings (SSSR count). The highest BCUT2D eigenvalue weighted by atomic mass is 32.2. The van der Waals surface area contributed by atoms with Gasteiger partial charge in [0.25, 0.3) is 5.91 Å². The monoisotopic (exact) mass is 432 g/mol. The summed E-state index contributed by atoms with van der Waals surface area (Å²) in [6.45, 7) is 8.56. The molecule has 1 aliphatic rings. The van der Waals surface area contributed by atoms with E-state index in [2.05, 4.69) is 20.8 Å². The molecule has 1 heterocycles. The van der Waals surface area contributed by atoms with E-state index in [4.69, 9.17) is 0 Å². The van der Waals surface area contributed by atoms with Crippen molar-refractivity contribution in [1.82, 2.24) is 4.90 Å². The Morgan fingerprint density at radius 3 is 2.20 bits per heavy atom. The standard InChI is InChI=1S/C23H29FN2O3S/c1-23(2,3)18-8-6-17(7-9-18)22(27)26-13-5-12-25(14-15-26)21-11-10-19(16-20(21)24)30(4,28)29/h6-11,16H,5,12-15H2,1-4H3. The molecule has 0 atom stereocenters. The Morgan fingerprint density at radius 2 is 1.63 bits per heavy atom. The van der Waals surface area contributed by atoms with Gasteiger partial charge in [-0.25, -0.2) is 12.8 Å². The number of nitrogens with zero attached hydrogens (tertiary/aromatic N) is 2. The van der Waals surface area contributed by atoms with Gasteiger partial charge in [-0.3, -0.25) is 4.79 Å². The van der Waals surface area contributed by atoms with Crippen LogP contribution in [0.4, 0.5) is 10.1 Å². The van der Waals surface area contributed by atoms with Crippen LogP contribution in [0.1, 0.15) is 43.1 Å². The number of halogens is 1. The summed E-state index contributed by atoms with van der Waals surface area (Å²) in [6, 6.07) is 11.7. The molecule has 2 aromatic carbocycles. The molecule has 0 bridgehead atoms. The second kappa shape index (κ2) is 8.38. The van der Waals surface area contributed by atoms with Crippen molar-refractivity contribution in [3.8, 4) is 0 Å². The smallest absolute Gasteiger partial charge is 0.253 e. The summed E-state index contributed by atoms with van der Waals surface area (Å²) in [6.07, 6.45) is 1.77. The van der Waals surface area contributed by atoms with Crippen molar-refractivity contribution in [3.63, 3.8) is 0 Å². The first kappa shape index (κ1) is 22.3. The van der Waals surface area contributed by atoms with Gasteiger partial charge in [-0.1, -0.05) is 32.9 Å². The van der Waals surface area contributed by atoms with Crippen LogP contribution < -0.4 is 4.90 Å². The van der Waals surface area contributed by atoms with Crippen molar-refractivity contribution in [3.05, 3.63) is 59.4 Å². The van der Waals surface area contributed by atoms with Crippen molar-refractivity contribution in [2.24, 2.45) is 0 Å². The van der Waals surface area contributed by atoms with Gasteiger partial charge < -0.3 is 9.80 Å². The van der Waals surface area contributed by atoms with Gasteiger partial charge >= 0.3 is 0 Å². The van der Waals surface area contributed by atoms with Gasteiger partial charge in [-0.05, 0) is 47.7 Å². The predicted octanol–water partition coefficient (Wildman–Crippen LogP) is 3.88. The first-order valence-corrected chi connectivity index (χ1v) is 12.0. The highest BCUT2D eigenvalue weighted by Gasteiger charge is 2.23. The third-order valence-electron chi connectivity index (χ3n) is 5.47. The predicted molar refractivity (Wildman–Crippen MR) is 117 cm³/mol. The number of hydrogen-bond acceptors (Lipinski definition) is 4. The SMILES string of the molecule is CC(C)(C)c1ccc(C(=O)N2CCCN(c3ccc(S(C)(=O)=O)cc3F)CC2)cc1. The molecule has 7 heteroatoms. The second-order valence-electron chi connectivity index (χ2n) is 8.85. The van der Waals surface area contributed by atoms with E-state index in [9.17, 15) is 17.6 Å². The number of carbonyl (C=O) groups excluding carboxylic acids is 1. The lowest BCUT2D eigenvalue weighted by Gasteiger charge is -2.24. The molecule has 30 heavy (non-hydrogen) atoms. The molecule has 5 nitrogen and oxygen atoms in total. The highest BCUT2D eigenvalue weighted by molar-refractivity contribution is 7.90. The molecule has 0 N–H and O–H groups in total. The molecule has 1 saturated heterocycles. The van der Waals surface area contributed by atoms with Gasteiger partial charge in [-0.15, -0.1) is 0 Å². The Bertz CT molecular complexity index is 1030. The lowest BCUT2D eigenvalue weighted by Crippen LogP contribution is -2.35. The Hall–Kier alpha value is -2.41. The topological polar surface area (TPSA) is 57.7 Å². The van der Waals surface area contributed by atoms with Crippen LogP contribution in [0.25, 0.3) is 0 Å². The largest absolute Gasteiger partial charge is 0.367 e. The number of amides is 1. The fourth-order valence-electron chi connectivity index (χ4n) is 3.63. The maximum Gasteiger partial charge on any atom is 0.253 e. The van der Waals surface area contributed by atoms with Crippen LogP contribution in [0.2, 0.25) is 0 Å². The van der Waals surface area contributed by atoms with E-state index in [-0.39, 0.29) is 16.2 Å². The summed E-state index contributed by atoms with van der Waals surface area (Å²) in [7, 11) is -3.45. The molecule has 1 amide bonds. The molecular weight excluding hydrogens is 403 g/mol. The van der Waals surface area contributed by atoms with Gasteiger partial charge in [-0.2, -0.15) is 0 Å². The van der Waals surface area contributed by atoms with Crippen molar-refractivity contribution < 1.29 is 17.6 Å². The fourth-order valence-corrected chi connectivity index (χ4v) is 4.26. The molecule has 0 spiro atoms. The minimum Gasteiger partial charge on any atom is -0.367 e. The Balaban J connectivity index is 1.71. The van der Waals surface area contributed by atoms with E-state index >= 15 is 0 Å². The zero-order valence-electron chi connectivity index (χ0n) is 18.0. The first-order valence-electron chi connectivity index (χ1n) is 10.1. The first-order chi connectivity index (χ1) is 14.0. The van der Waals surface area contributed by atoms with Gasteiger partial charge in [0.05, 0.1) is 10.6 Å². The van der Waals surface area contributed by atoms with Crippen molar-refractivity contribution in [1.29, 1.82) is 0 Å². The molecule has 0 aromatic heterocycles. The third-order valence-corrected chi connectivity index (χ3v) is 6.58. The Morgan fingerprint density at radius 1 is 0.967 bits per heavy atom. The summed E-state index contributed by atoms with van der Waals surface area (Å²) in [5, 5.41) is 0. The number of rotatable bonds is 3. The van der Waals surface area contributed by atoms with E-state index in [0.717, 1.165) is 12.3 Å². The number of benzene rings is 2. The van der Waals surface area contributed by atoms with E-state index < -0.39 is 15.7 Å². The Kier molecular flexibility index (Phi) is 6.22. The molecular formula is C23H29FN2O3S. The maximum atomic E-state index is 14.6. The van der Waals surface area contributed by atoms with E-state index in [0.29, 0.717) is 43.9 Å². The summed E-state index contributed by atoms with van der Waals surface area (Å²) in [5.74, 6) is -0.583. The minimum atomic E-state index is -3.45. The number of sulfone groups is 1. The number of hydrogen-bond donors (Lipinski definition) is 0. The average Bonchev–Trinajstić information content (AvgIpc) is 2.92. The molecule has 0 aliphatic carbocycles. The van der Waals surface area contributed by atoms with Crippen LogP contribution in [0, 0.1) is 5.82 Å². The van der Waals surface area contributed by atoms with Crippen LogP contribution in [0.5, 0.6) is 0 Å². The van der Waals surface area contributed by atoms with E-state index in [1.165, 1.54) is 17.7 Å². The lowest BCUT2D eigenvalue weighted by molar-refractivity contribution is 0.0767. The number of anilines is 1. The van der Waals surface area contributed by atoms with Gasteiger partial charge in [0.2, 0.25) is 0 Å². The van der Waals surface area contributed by atoms with Crippen LogP contribution in [0.15, 0.2) is 47.4 Å². The summed E-state index contributed by atoms with van der Waals surface area (Å²) in [4.78, 5) is 16.6. The molecule has 0 radical (unpaired) electrons. The average molecular weight is 433 g/mol. The van der Waals surface area contributed by atoms with Crippen molar-refractivity contribution >= 4 is 21.4 Å². The van der Waals surface area contributed by atoms with Crippen molar-refractivity contribution in [2.45, 2.75) is 37.5 Å². The normalized spacial score (nSPS) is 15.8. The molecule has 1 aliphatic heterocycles. The van der Waals surface area contributed by atoms with Crippen LogP contribution in [-0.2, 0) is 15.3 Å². The molecule has 0 saturated carbocycles. The number of carbonyl (C=O) groups is 1. The summed E-state index contributed by atoms with van der Waals surface area (Å²) < 4.78 is 37.8. The van der Waals surface area contributed by atoms with E-state index in [1.54, 1.807) is 4.90 Å². The zero-order chi connectivity index (χ0) is 22.1. The lowest BCUT2D eigenvalue weighted by atomic mass is 9.86. The Labute approximate surface area is 178 Å². The van der Waals surface area contributed by atoms with E-state index in [1.807, 2.05) is 29.2 Å². The van der Waals surface area contributed by atoms with Gasteiger partial charge in [0, 0.05) is 38.0 Å². The summed E-state index contributed by atoms with van der Waals surface area (Å²) in [5.41, 5.74) is 2.22. The van der Waals surface area contributed by atoms with Crippen LogP contribution >= 0.6 is 0 Å². The second-order valence-corrected chi connectivity index (χ2v) is 10.9. The summed E-state index contributed by atoms with van der Waals surface area (Å²) >= 11 is 0. The molecule has 2 aromatic rings. The highest BCUT2D eigenvalue weighted by Crippen LogP contribution is 2.25. The third kappa shape index (κ3) is 5.01. The van der Waals surface area contributed by atoms with Gasteiger partial charge in [0.15, 0.2) is 9.84 Å². The quantitative estimate of drug-likeness (QED) is 0.739. The molecule has 0 unspecified atom stereocenters. The molecule has 162 valence electrons. The van der Waals surface area contributed by atoms with Crippen molar-refractivity contribution in [2.75, 3.05) is 37.3 Å². The van der Waals surface area contributed by atoms with Gasteiger partial charge in [0.1, 0.15) is 5.82 Å². The van der Waals surface area contributed by atoms with Crippen LogP contribution in [0.3, 0.4) is 0 Å². The minimum absolute atomic E-state index is 0.0230. The maximum absolute atomic E-state index is 14.6. The van der Waals surface area contributed by atoms with Crippen LogP contribution in [-0.4, -0.2) is 51.7 Å². The fraction of sp³-hybridized carbons (Fsp3) is 0.435.